The van der Waals surface area contributed by atoms with Crippen molar-refractivity contribution < 1.29 is 14.4 Å². The van der Waals surface area contributed by atoms with Gasteiger partial charge in [-0.2, -0.15) is 4.98 Å². The molecule has 1 saturated heterocycles. The highest BCUT2D eigenvalue weighted by Gasteiger charge is 2.28. The molecule has 2 heterocycles. The highest BCUT2D eigenvalue weighted by molar-refractivity contribution is 5.70. The molecule has 0 amide bonds. The Bertz CT molecular complexity index is 312. The molecule has 1 N–H and O–H groups in total. The van der Waals surface area contributed by atoms with E-state index in [0.29, 0.717) is 25.4 Å². The lowest BCUT2D eigenvalue weighted by atomic mass is 10.1. The van der Waals surface area contributed by atoms with Gasteiger partial charge in [-0.3, -0.25) is 9.69 Å². The number of aromatic nitrogens is 2. The van der Waals surface area contributed by atoms with Gasteiger partial charge in [-0.05, 0) is 13.0 Å². The Labute approximate surface area is 80.5 Å². The Morgan fingerprint density at radius 2 is 2.64 bits per heavy atom. The molecular weight excluding hydrogens is 186 g/mol. The van der Waals surface area contributed by atoms with Crippen molar-refractivity contribution in [2.75, 3.05) is 13.1 Å². The van der Waals surface area contributed by atoms with Crippen LogP contribution in [0.1, 0.15) is 12.3 Å². The summed E-state index contributed by atoms with van der Waals surface area (Å²) in [5.41, 5.74) is 0. The van der Waals surface area contributed by atoms with Crippen molar-refractivity contribution in [1.29, 1.82) is 0 Å². The van der Waals surface area contributed by atoms with Gasteiger partial charge in [0.05, 0.1) is 12.5 Å². The second-order valence-corrected chi connectivity index (χ2v) is 3.39. The lowest BCUT2D eigenvalue weighted by molar-refractivity contribution is -0.141. The highest BCUT2D eigenvalue weighted by atomic mass is 16.5. The maximum atomic E-state index is 10.7. The minimum atomic E-state index is -0.724. The van der Waals surface area contributed by atoms with Crippen LogP contribution in [0, 0.1) is 5.92 Å². The number of aliphatic carboxylic acids is 1. The molecule has 0 aromatic carbocycles. The number of hydrogen-bond acceptors (Lipinski definition) is 5. The summed E-state index contributed by atoms with van der Waals surface area (Å²) >= 11 is 0. The Morgan fingerprint density at radius 1 is 1.79 bits per heavy atom. The standard InChI is InChI=1S/C8H11N3O3/c12-8(13)6-1-2-11(3-6)4-7-9-5-10-14-7/h5-6H,1-4H2,(H,12,13). The molecule has 2 rings (SSSR count). The maximum absolute atomic E-state index is 10.7. The number of hydrogen-bond donors (Lipinski definition) is 1. The van der Waals surface area contributed by atoms with Crippen molar-refractivity contribution >= 4 is 5.97 Å². The van der Waals surface area contributed by atoms with Gasteiger partial charge in [0, 0.05) is 6.54 Å². The molecular formula is C8H11N3O3. The van der Waals surface area contributed by atoms with Crippen molar-refractivity contribution in [1.82, 2.24) is 15.0 Å². The van der Waals surface area contributed by atoms with Gasteiger partial charge >= 0.3 is 5.97 Å². The highest BCUT2D eigenvalue weighted by Crippen LogP contribution is 2.17. The normalized spacial score (nSPS) is 22.7. The third kappa shape index (κ3) is 1.90. The minimum Gasteiger partial charge on any atom is -0.481 e. The van der Waals surface area contributed by atoms with E-state index in [-0.39, 0.29) is 5.92 Å². The fourth-order valence-corrected chi connectivity index (χ4v) is 1.63. The van der Waals surface area contributed by atoms with Crippen LogP contribution >= 0.6 is 0 Å². The van der Waals surface area contributed by atoms with E-state index in [1.54, 1.807) is 0 Å². The van der Waals surface area contributed by atoms with Crippen LogP contribution in [0.3, 0.4) is 0 Å². The Hall–Kier alpha value is -1.43. The zero-order valence-electron chi connectivity index (χ0n) is 7.59. The van der Waals surface area contributed by atoms with E-state index in [9.17, 15) is 4.79 Å². The summed E-state index contributed by atoms with van der Waals surface area (Å²) in [6.07, 6.45) is 2.05. The molecule has 1 fully saturated rings. The van der Waals surface area contributed by atoms with Gasteiger partial charge in [-0.1, -0.05) is 5.16 Å². The Balaban J connectivity index is 1.87. The first kappa shape index (κ1) is 9.14. The zero-order valence-corrected chi connectivity index (χ0v) is 7.59. The molecule has 1 aliphatic rings. The van der Waals surface area contributed by atoms with E-state index in [0.717, 1.165) is 6.54 Å². The van der Waals surface area contributed by atoms with Crippen LogP contribution in [-0.2, 0) is 11.3 Å². The maximum Gasteiger partial charge on any atom is 0.307 e. The Kier molecular flexibility index (Phi) is 2.45. The van der Waals surface area contributed by atoms with Crippen molar-refractivity contribution in [2.45, 2.75) is 13.0 Å². The lowest BCUT2D eigenvalue weighted by Gasteiger charge is -2.11. The fraction of sp³-hybridized carbons (Fsp3) is 0.625. The molecule has 0 radical (unpaired) electrons. The zero-order chi connectivity index (χ0) is 9.97. The van der Waals surface area contributed by atoms with Gasteiger partial charge in [-0.15, -0.1) is 0 Å². The summed E-state index contributed by atoms with van der Waals surface area (Å²) in [6.45, 7) is 1.89. The molecule has 76 valence electrons. The first-order chi connectivity index (χ1) is 6.75. The summed E-state index contributed by atoms with van der Waals surface area (Å²) in [7, 11) is 0. The number of carbonyl (C=O) groups is 1. The number of nitrogens with zero attached hydrogens (tertiary/aromatic N) is 3. The number of likely N-dealkylation sites (tertiary alicyclic amines) is 1. The summed E-state index contributed by atoms with van der Waals surface area (Å²) in [5, 5.41) is 12.3. The van der Waals surface area contributed by atoms with Gasteiger partial charge in [-0.25, -0.2) is 0 Å². The van der Waals surface area contributed by atoms with Gasteiger partial charge in [0.1, 0.15) is 0 Å². The predicted molar refractivity (Wildman–Crippen MR) is 45.3 cm³/mol. The van der Waals surface area contributed by atoms with Gasteiger partial charge in [0.25, 0.3) is 0 Å². The SMILES string of the molecule is O=C(O)C1CCN(Cc2ncno2)C1. The molecule has 0 aliphatic carbocycles. The largest absolute Gasteiger partial charge is 0.481 e. The summed E-state index contributed by atoms with van der Waals surface area (Å²) in [5.74, 6) is -0.438. The number of carboxylic acids is 1. The van der Waals surface area contributed by atoms with Crippen LogP contribution in [0.15, 0.2) is 10.9 Å². The molecule has 1 unspecified atom stereocenters. The average Bonchev–Trinajstić information content (AvgIpc) is 2.75. The molecule has 0 spiro atoms. The minimum absolute atomic E-state index is 0.252. The van der Waals surface area contributed by atoms with Crippen LogP contribution in [-0.4, -0.2) is 39.2 Å². The quantitative estimate of drug-likeness (QED) is 0.733. The lowest BCUT2D eigenvalue weighted by Crippen LogP contribution is -2.22. The average molecular weight is 197 g/mol. The van der Waals surface area contributed by atoms with Gasteiger partial charge < -0.3 is 9.63 Å². The number of carboxylic acid groups (broad SMARTS) is 1. The molecule has 14 heavy (non-hydrogen) atoms. The van der Waals surface area contributed by atoms with Crippen LogP contribution in [0.2, 0.25) is 0 Å². The van der Waals surface area contributed by atoms with Crippen LogP contribution < -0.4 is 0 Å². The monoisotopic (exact) mass is 197 g/mol. The molecule has 1 aliphatic heterocycles. The predicted octanol–water partition coefficient (Wildman–Crippen LogP) is -0.0239. The molecule has 1 aromatic heterocycles. The third-order valence-electron chi connectivity index (χ3n) is 2.39. The van der Waals surface area contributed by atoms with Crippen LogP contribution in [0.25, 0.3) is 0 Å². The van der Waals surface area contributed by atoms with E-state index in [4.69, 9.17) is 9.63 Å². The Morgan fingerprint density at radius 3 is 3.21 bits per heavy atom. The third-order valence-corrected chi connectivity index (χ3v) is 2.39. The molecule has 1 aromatic rings. The van der Waals surface area contributed by atoms with Gasteiger partial charge in [0.2, 0.25) is 5.89 Å². The van der Waals surface area contributed by atoms with E-state index in [1.807, 2.05) is 4.90 Å². The fourth-order valence-electron chi connectivity index (χ4n) is 1.63. The van der Waals surface area contributed by atoms with Crippen molar-refractivity contribution in [2.24, 2.45) is 5.92 Å². The molecule has 0 saturated carbocycles. The molecule has 0 bridgehead atoms. The first-order valence-electron chi connectivity index (χ1n) is 4.46. The van der Waals surface area contributed by atoms with Gasteiger partial charge in [0.15, 0.2) is 6.33 Å². The van der Waals surface area contributed by atoms with E-state index in [1.165, 1.54) is 6.33 Å². The topological polar surface area (TPSA) is 79.5 Å². The van der Waals surface area contributed by atoms with E-state index in [2.05, 4.69) is 10.1 Å². The van der Waals surface area contributed by atoms with Crippen LogP contribution in [0.4, 0.5) is 0 Å². The van der Waals surface area contributed by atoms with E-state index >= 15 is 0 Å². The molecule has 6 heteroatoms. The van der Waals surface area contributed by atoms with Crippen molar-refractivity contribution in [3.63, 3.8) is 0 Å². The number of rotatable bonds is 3. The molecule has 6 nitrogen and oxygen atoms in total. The van der Waals surface area contributed by atoms with Crippen LogP contribution in [0.5, 0.6) is 0 Å². The first-order valence-corrected chi connectivity index (χ1v) is 4.46. The summed E-state index contributed by atoms with van der Waals surface area (Å²) < 4.78 is 4.84. The smallest absolute Gasteiger partial charge is 0.307 e. The summed E-state index contributed by atoms with van der Waals surface area (Å²) in [4.78, 5) is 16.6. The van der Waals surface area contributed by atoms with Crippen molar-refractivity contribution in [3.8, 4) is 0 Å². The van der Waals surface area contributed by atoms with Crippen molar-refractivity contribution in [3.05, 3.63) is 12.2 Å². The second-order valence-electron chi connectivity index (χ2n) is 3.39. The summed E-state index contributed by atoms with van der Waals surface area (Å²) in [6, 6.07) is 0. The van der Waals surface area contributed by atoms with E-state index < -0.39 is 5.97 Å². The second kappa shape index (κ2) is 3.75. The molecule has 1 atom stereocenters.